The van der Waals surface area contributed by atoms with Crippen molar-refractivity contribution in [3.8, 4) is 0 Å². The highest BCUT2D eigenvalue weighted by molar-refractivity contribution is 5.09. The molecule has 0 saturated heterocycles. The van der Waals surface area contributed by atoms with Crippen LogP contribution >= 0.6 is 0 Å². The molecular weight excluding hydrogens is 150 g/mol. The zero-order valence-corrected chi connectivity index (χ0v) is 8.05. The van der Waals surface area contributed by atoms with Gasteiger partial charge in [-0.25, -0.2) is 0 Å². The van der Waals surface area contributed by atoms with Gasteiger partial charge in [0.15, 0.2) is 0 Å². The lowest BCUT2D eigenvalue weighted by Crippen LogP contribution is -2.15. The van der Waals surface area contributed by atoms with Crippen molar-refractivity contribution in [1.82, 2.24) is 5.32 Å². The van der Waals surface area contributed by atoms with Crippen LogP contribution < -0.4 is 5.32 Å². The molecule has 0 aromatic carbocycles. The molecule has 0 aliphatic carbocycles. The van der Waals surface area contributed by atoms with Gasteiger partial charge in [0.2, 0.25) is 0 Å². The summed E-state index contributed by atoms with van der Waals surface area (Å²) in [4.78, 5) is 0. The number of furan rings is 1. The van der Waals surface area contributed by atoms with E-state index in [0.717, 1.165) is 17.9 Å². The minimum atomic E-state index is 0.378. The number of rotatable bonds is 4. The molecule has 0 aliphatic rings. The van der Waals surface area contributed by atoms with E-state index in [1.165, 1.54) is 6.42 Å². The second kappa shape index (κ2) is 4.31. The molecule has 0 amide bonds. The third-order valence-electron chi connectivity index (χ3n) is 2.03. The van der Waals surface area contributed by atoms with E-state index in [9.17, 15) is 0 Å². The maximum absolute atomic E-state index is 5.53. The molecule has 0 bridgehead atoms. The molecule has 1 unspecified atom stereocenters. The summed E-state index contributed by atoms with van der Waals surface area (Å²) in [7, 11) is 1.97. The molecule has 0 fully saturated rings. The normalized spacial score (nSPS) is 13.2. The van der Waals surface area contributed by atoms with Crippen molar-refractivity contribution in [3.05, 3.63) is 23.7 Å². The van der Waals surface area contributed by atoms with Gasteiger partial charge >= 0.3 is 0 Å². The summed E-state index contributed by atoms with van der Waals surface area (Å²) in [5, 5.41) is 3.24. The molecule has 0 radical (unpaired) electrons. The van der Waals surface area contributed by atoms with Gasteiger partial charge in [0, 0.05) is 0 Å². The minimum Gasteiger partial charge on any atom is -0.465 e. The molecule has 68 valence electrons. The van der Waals surface area contributed by atoms with Crippen molar-refractivity contribution in [3.63, 3.8) is 0 Å². The van der Waals surface area contributed by atoms with Crippen LogP contribution in [0, 0.1) is 6.92 Å². The summed E-state index contributed by atoms with van der Waals surface area (Å²) in [5.41, 5.74) is 0. The van der Waals surface area contributed by atoms with Crippen molar-refractivity contribution >= 4 is 0 Å². The maximum Gasteiger partial charge on any atom is 0.121 e. The lowest BCUT2D eigenvalue weighted by molar-refractivity contribution is 0.400. The zero-order chi connectivity index (χ0) is 8.97. The van der Waals surface area contributed by atoms with Gasteiger partial charge in [-0.2, -0.15) is 0 Å². The molecule has 2 heteroatoms. The fraction of sp³-hybridized carbons (Fsp3) is 0.600. The topological polar surface area (TPSA) is 25.2 Å². The summed E-state index contributed by atoms with van der Waals surface area (Å²) in [6.45, 7) is 4.16. The van der Waals surface area contributed by atoms with Crippen molar-refractivity contribution in [2.24, 2.45) is 0 Å². The summed E-state index contributed by atoms with van der Waals surface area (Å²) >= 11 is 0. The number of hydrogen-bond donors (Lipinski definition) is 1. The molecule has 1 aromatic rings. The molecular formula is C10H17NO. The third-order valence-corrected chi connectivity index (χ3v) is 2.03. The average Bonchev–Trinajstić information content (AvgIpc) is 2.47. The molecule has 1 heterocycles. The summed E-state index contributed by atoms with van der Waals surface area (Å²) in [6.07, 6.45) is 2.30. The largest absolute Gasteiger partial charge is 0.465 e. The number of hydrogen-bond acceptors (Lipinski definition) is 2. The number of aryl methyl sites for hydroxylation is 1. The predicted octanol–water partition coefficient (Wildman–Crippen LogP) is 2.65. The minimum absolute atomic E-state index is 0.378. The molecule has 0 aliphatic heterocycles. The highest BCUT2D eigenvalue weighted by atomic mass is 16.3. The SMILES string of the molecule is CCCC(NC)c1ccc(C)o1. The smallest absolute Gasteiger partial charge is 0.121 e. The van der Waals surface area contributed by atoms with Gasteiger partial charge in [-0.15, -0.1) is 0 Å². The lowest BCUT2D eigenvalue weighted by Gasteiger charge is -2.11. The average molecular weight is 167 g/mol. The van der Waals surface area contributed by atoms with Gasteiger partial charge in [0.1, 0.15) is 11.5 Å². The van der Waals surface area contributed by atoms with E-state index in [-0.39, 0.29) is 0 Å². The second-order valence-electron chi connectivity index (χ2n) is 3.08. The first-order valence-corrected chi connectivity index (χ1v) is 4.51. The quantitative estimate of drug-likeness (QED) is 0.745. The van der Waals surface area contributed by atoms with Gasteiger partial charge in [0.05, 0.1) is 6.04 Å². The van der Waals surface area contributed by atoms with E-state index >= 15 is 0 Å². The Morgan fingerprint density at radius 1 is 1.50 bits per heavy atom. The maximum atomic E-state index is 5.53. The standard InChI is InChI=1S/C10H17NO/c1-4-5-9(11-3)10-7-6-8(2)12-10/h6-7,9,11H,4-5H2,1-3H3. The van der Waals surface area contributed by atoms with Gasteiger partial charge in [-0.05, 0) is 32.5 Å². The van der Waals surface area contributed by atoms with Gasteiger partial charge < -0.3 is 9.73 Å². The van der Waals surface area contributed by atoms with E-state index in [4.69, 9.17) is 4.42 Å². The molecule has 1 aromatic heterocycles. The number of nitrogens with one attached hydrogen (secondary N) is 1. The Labute approximate surface area is 74.0 Å². The Hall–Kier alpha value is -0.760. The molecule has 1 atom stereocenters. The summed E-state index contributed by atoms with van der Waals surface area (Å²) in [5.74, 6) is 2.04. The van der Waals surface area contributed by atoms with Crippen LogP contribution in [0.3, 0.4) is 0 Å². The van der Waals surface area contributed by atoms with Gasteiger partial charge in [-0.1, -0.05) is 13.3 Å². The third kappa shape index (κ3) is 2.11. The first-order chi connectivity index (χ1) is 5.77. The Morgan fingerprint density at radius 2 is 2.25 bits per heavy atom. The Bertz CT molecular complexity index is 229. The van der Waals surface area contributed by atoms with E-state index in [2.05, 4.69) is 12.2 Å². The van der Waals surface area contributed by atoms with Crippen LogP contribution in [0.4, 0.5) is 0 Å². The second-order valence-corrected chi connectivity index (χ2v) is 3.08. The van der Waals surface area contributed by atoms with Crippen molar-refractivity contribution in [2.75, 3.05) is 7.05 Å². The van der Waals surface area contributed by atoms with Crippen LogP contribution in [0.1, 0.15) is 37.3 Å². The van der Waals surface area contributed by atoms with E-state index in [1.807, 2.05) is 26.1 Å². The van der Waals surface area contributed by atoms with E-state index in [0.29, 0.717) is 6.04 Å². The Morgan fingerprint density at radius 3 is 2.67 bits per heavy atom. The van der Waals surface area contributed by atoms with Crippen LogP contribution in [0.2, 0.25) is 0 Å². The summed E-state index contributed by atoms with van der Waals surface area (Å²) < 4.78 is 5.53. The van der Waals surface area contributed by atoms with Crippen LogP contribution in [0.5, 0.6) is 0 Å². The van der Waals surface area contributed by atoms with Crippen molar-refractivity contribution in [1.29, 1.82) is 0 Å². The highest BCUT2D eigenvalue weighted by Gasteiger charge is 2.10. The molecule has 2 nitrogen and oxygen atoms in total. The zero-order valence-electron chi connectivity index (χ0n) is 8.05. The van der Waals surface area contributed by atoms with Gasteiger partial charge in [-0.3, -0.25) is 0 Å². The van der Waals surface area contributed by atoms with Crippen LogP contribution in [0.15, 0.2) is 16.5 Å². The fourth-order valence-corrected chi connectivity index (χ4v) is 1.36. The first-order valence-electron chi connectivity index (χ1n) is 4.51. The molecule has 1 rings (SSSR count). The lowest BCUT2D eigenvalue weighted by atomic mass is 10.1. The van der Waals surface area contributed by atoms with Crippen LogP contribution in [-0.4, -0.2) is 7.05 Å². The first kappa shape index (κ1) is 9.33. The fourth-order valence-electron chi connectivity index (χ4n) is 1.36. The Balaban J connectivity index is 2.66. The van der Waals surface area contributed by atoms with E-state index < -0.39 is 0 Å². The summed E-state index contributed by atoms with van der Waals surface area (Å²) in [6, 6.07) is 4.44. The van der Waals surface area contributed by atoms with E-state index in [1.54, 1.807) is 0 Å². The highest BCUT2D eigenvalue weighted by Crippen LogP contribution is 2.19. The van der Waals surface area contributed by atoms with Crippen molar-refractivity contribution < 1.29 is 4.42 Å². The molecule has 0 spiro atoms. The van der Waals surface area contributed by atoms with Gasteiger partial charge in [0.25, 0.3) is 0 Å². The molecule has 12 heavy (non-hydrogen) atoms. The van der Waals surface area contributed by atoms with Crippen molar-refractivity contribution in [2.45, 2.75) is 32.7 Å². The molecule has 1 N–H and O–H groups in total. The van der Waals surface area contributed by atoms with Crippen LogP contribution in [0.25, 0.3) is 0 Å². The monoisotopic (exact) mass is 167 g/mol. The molecule has 0 saturated carbocycles. The predicted molar refractivity (Wildman–Crippen MR) is 50.2 cm³/mol. The Kier molecular flexibility index (Phi) is 3.35. The van der Waals surface area contributed by atoms with Crippen LogP contribution in [-0.2, 0) is 0 Å².